The highest BCUT2D eigenvalue weighted by molar-refractivity contribution is 5.84. The third kappa shape index (κ3) is 3.15. The summed E-state index contributed by atoms with van der Waals surface area (Å²) < 4.78 is 26.6. The van der Waals surface area contributed by atoms with E-state index in [2.05, 4.69) is 11.6 Å². The predicted molar refractivity (Wildman–Crippen MR) is 104 cm³/mol. The number of pyridine rings is 1. The first-order chi connectivity index (χ1) is 13.4. The first kappa shape index (κ1) is 18.9. The number of piperidine rings is 3. The van der Waals surface area contributed by atoms with Crippen LogP contribution in [0.15, 0.2) is 43.1 Å². The van der Waals surface area contributed by atoms with Crippen LogP contribution in [0, 0.1) is 11.8 Å². The number of benzene rings is 1. The second-order valence-corrected chi connectivity index (χ2v) is 7.90. The summed E-state index contributed by atoms with van der Waals surface area (Å²) in [6, 6.07) is 6.97. The minimum absolute atomic E-state index is 0.169. The molecule has 4 heterocycles. The Bertz CT molecular complexity index is 918. The van der Waals surface area contributed by atoms with Gasteiger partial charge in [0.1, 0.15) is 18.8 Å². The largest absolute Gasteiger partial charge is 0.497 e. The van der Waals surface area contributed by atoms with Gasteiger partial charge in [0.15, 0.2) is 12.1 Å². The molecule has 2 aromatic rings. The number of nitrogens with zero attached hydrogens (tertiary/aromatic N) is 2. The van der Waals surface area contributed by atoms with Crippen molar-refractivity contribution >= 4 is 16.9 Å². The fraction of sp³-hybridized carbons (Fsp3) is 0.455. The van der Waals surface area contributed by atoms with Crippen molar-refractivity contribution < 1.29 is 23.5 Å². The monoisotopic (exact) mass is 385 g/mol. The molecule has 28 heavy (non-hydrogen) atoms. The van der Waals surface area contributed by atoms with Crippen LogP contribution in [0.4, 0.5) is 4.48 Å². The standard InChI is InChI=1S/C22H26FN2O3/c1-4-15-13-25(23)10-8-16(15)11-21(25)22(28-14(2)26)18-7-9-24-20-6-5-17(27-3)12-19(18)20/h4-7,9,12,15-16,21-22H,1,8,10-11,13H2,2-3H3/q+1/t15-,16-,21-,22+,25+/m0/s1. The molecule has 5 nitrogen and oxygen atoms in total. The topological polar surface area (TPSA) is 48.4 Å². The number of methoxy groups -OCH3 is 1. The molecule has 0 saturated carbocycles. The summed E-state index contributed by atoms with van der Waals surface area (Å²) in [7, 11) is 1.60. The average Bonchev–Trinajstić information content (AvgIpc) is 2.70. The van der Waals surface area contributed by atoms with E-state index in [1.807, 2.05) is 30.3 Å². The van der Waals surface area contributed by atoms with E-state index in [0.717, 1.165) is 22.9 Å². The number of carbonyl (C=O) groups excluding carboxylic acids is 1. The number of quaternary nitrogens is 1. The van der Waals surface area contributed by atoms with Gasteiger partial charge in [-0.2, -0.15) is 0 Å². The maximum Gasteiger partial charge on any atom is 0.303 e. The van der Waals surface area contributed by atoms with Crippen LogP contribution in [0.1, 0.15) is 31.4 Å². The van der Waals surface area contributed by atoms with E-state index in [4.69, 9.17) is 9.47 Å². The predicted octanol–water partition coefficient (Wildman–Crippen LogP) is 4.14. The zero-order valence-corrected chi connectivity index (χ0v) is 16.3. The van der Waals surface area contributed by atoms with E-state index >= 15 is 4.48 Å². The molecule has 6 heteroatoms. The van der Waals surface area contributed by atoms with Gasteiger partial charge < -0.3 is 9.47 Å². The van der Waals surface area contributed by atoms with Crippen LogP contribution in [0.2, 0.25) is 0 Å². The van der Waals surface area contributed by atoms with E-state index in [9.17, 15) is 4.79 Å². The molecule has 3 saturated heterocycles. The van der Waals surface area contributed by atoms with E-state index in [-0.39, 0.29) is 5.92 Å². The second-order valence-electron chi connectivity index (χ2n) is 7.90. The Morgan fingerprint density at radius 2 is 2.25 bits per heavy atom. The summed E-state index contributed by atoms with van der Waals surface area (Å²) in [5.41, 5.74) is 1.54. The molecule has 148 valence electrons. The molecular weight excluding hydrogens is 359 g/mol. The zero-order chi connectivity index (χ0) is 19.9. The molecule has 1 aromatic carbocycles. The van der Waals surface area contributed by atoms with E-state index in [1.165, 1.54) is 6.92 Å². The van der Waals surface area contributed by atoms with Crippen LogP contribution in [0.3, 0.4) is 0 Å². The van der Waals surface area contributed by atoms with Gasteiger partial charge >= 0.3 is 5.97 Å². The molecule has 5 atom stereocenters. The van der Waals surface area contributed by atoms with Gasteiger partial charge in [-0.15, -0.1) is 11.3 Å². The van der Waals surface area contributed by atoms with Crippen molar-refractivity contribution in [3.63, 3.8) is 0 Å². The van der Waals surface area contributed by atoms with Gasteiger partial charge in [-0.05, 0) is 34.7 Å². The summed E-state index contributed by atoms with van der Waals surface area (Å²) in [4.78, 5) is 16.4. The molecule has 0 amide bonds. The van der Waals surface area contributed by atoms with Crippen LogP contribution < -0.4 is 4.74 Å². The maximum atomic E-state index is 16.0. The lowest BCUT2D eigenvalue weighted by Crippen LogP contribution is -2.64. The summed E-state index contributed by atoms with van der Waals surface area (Å²) in [6.45, 7) is 6.10. The molecule has 0 radical (unpaired) electrons. The summed E-state index contributed by atoms with van der Waals surface area (Å²) in [5, 5.41) is 0.822. The Hall–Kier alpha value is -2.47. The van der Waals surface area contributed by atoms with E-state index in [1.54, 1.807) is 13.3 Å². The summed E-state index contributed by atoms with van der Waals surface area (Å²) >= 11 is 0. The van der Waals surface area contributed by atoms with Crippen molar-refractivity contribution in [3.8, 4) is 5.75 Å². The smallest absolute Gasteiger partial charge is 0.303 e. The molecule has 3 aliphatic heterocycles. The number of hydrogen-bond acceptors (Lipinski definition) is 4. The van der Waals surface area contributed by atoms with Crippen LogP contribution in [0.25, 0.3) is 10.9 Å². The number of aromatic nitrogens is 1. The molecule has 0 unspecified atom stereocenters. The highest BCUT2D eigenvalue weighted by Crippen LogP contribution is 2.48. The van der Waals surface area contributed by atoms with Gasteiger partial charge in [-0.25, -0.2) is 0 Å². The van der Waals surface area contributed by atoms with Crippen molar-refractivity contribution in [2.75, 3.05) is 20.2 Å². The number of halogens is 1. The average molecular weight is 385 g/mol. The molecular formula is C22H26FN2O3+. The molecule has 3 aliphatic rings. The second kappa shape index (κ2) is 7.17. The molecule has 1 aromatic heterocycles. The van der Waals surface area contributed by atoms with Crippen molar-refractivity contribution in [1.29, 1.82) is 0 Å². The maximum absolute atomic E-state index is 16.0. The minimum atomic E-state index is -0.673. The molecule has 3 fully saturated rings. The zero-order valence-electron chi connectivity index (χ0n) is 16.3. The van der Waals surface area contributed by atoms with E-state index in [0.29, 0.717) is 31.2 Å². The van der Waals surface area contributed by atoms with Crippen LogP contribution >= 0.6 is 0 Å². The number of carbonyl (C=O) groups is 1. The number of fused-ring (bicyclic) bond motifs is 4. The van der Waals surface area contributed by atoms with Crippen molar-refractivity contribution in [3.05, 3.63) is 48.7 Å². The summed E-state index contributed by atoms with van der Waals surface area (Å²) in [5.74, 6) is 0.818. The lowest BCUT2D eigenvalue weighted by atomic mass is 9.73. The Labute approximate surface area is 164 Å². The molecule has 0 N–H and O–H groups in total. The lowest BCUT2D eigenvalue weighted by Gasteiger charge is -2.50. The van der Waals surface area contributed by atoms with E-state index < -0.39 is 22.8 Å². The van der Waals surface area contributed by atoms with Crippen LogP contribution in [-0.4, -0.2) is 41.9 Å². The lowest BCUT2D eigenvalue weighted by molar-refractivity contribution is -1.09. The molecule has 0 spiro atoms. The first-order valence-corrected chi connectivity index (χ1v) is 9.74. The Kier molecular flexibility index (Phi) is 4.83. The summed E-state index contributed by atoms with van der Waals surface area (Å²) in [6.07, 6.45) is 4.39. The first-order valence-electron chi connectivity index (χ1n) is 9.74. The van der Waals surface area contributed by atoms with Crippen molar-refractivity contribution in [1.82, 2.24) is 4.98 Å². The fourth-order valence-electron chi connectivity index (χ4n) is 4.96. The highest BCUT2D eigenvalue weighted by atomic mass is 19.2. The van der Waals surface area contributed by atoms with Crippen molar-refractivity contribution in [2.24, 2.45) is 11.8 Å². The third-order valence-corrected chi connectivity index (χ3v) is 6.36. The SMILES string of the molecule is C=C[C@H]1C[N@+]2(F)CC[C@H]1C[C@H]2[C@H](OC(C)=O)c1ccnc2ccc(OC)cc12. The quantitative estimate of drug-likeness (QED) is 0.441. The minimum Gasteiger partial charge on any atom is -0.497 e. The molecule has 2 bridgehead atoms. The Morgan fingerprint density at radius 3 is 2.93 bits per heavy atom. The Morgan fingerprint density at radius 1 is 1.43 bits per heavy atom. The number of esters is 1. The third-order valence-electron chi connectivity index (χ3n) is 6.36. The molecule has 0 aliphatic carbocycles. The van der Waals surface area contributed by atoms with Gasteiger partial charge in [-0.3, -0.25) is 9.78 Å². The number of hydrogen-bond donors (Lipinski definition) is 0. The number of ether oxygens (including phenoxy) is 2. The molecule has 5 rings (SSSR count). The Balaban J connectivity index is 1.81. The van der Waals surface area contributed by atoms with Gasteiger partial charge in [0, 0.05) is 42.8 Å². The van der Waals surface area contributed by atoms with Gasteiger partial charge in [0.05, 0.1) is 12.6 Å². The normalized spacial score (nSPS) is 30.0. The fourth-order valence-corrected chi connectivity index (χ4v) is 4.96. The van der Waals surface area contributed by atoms with Crippen LogP contribution in [0.5, 0.6) is 5.75 Å². The van der Waals surface area contributed by atoms with Gasteiger partial charge in [0.25, 0.3) is 0 Å². The van der Waals surface area contributed by atoms with Gasteiger partial charge in [-0.1, -0.05) is 6.08 Å². The van der Waals surface area contributed by atoms with Crippen molar-refractivity contribution in [2.45, 2.75) is 31.9 Å². The van der Waals surface area contributed by atoms with Crippen LogP contribution in [-0.2, 0) is 9.53 Å². The number of rotatable bonds is 5. The van der Waals surface area contributed by atoms with Gasteiger partial charge in [0.2, 0.25) is 0 Å². The highest BCUT2D eigenvalue weighted by Gasteiger charge is 2.57.